The standard InChI is InChI=1S/C13H11ClN2O2/c14-9-3-4-10-8(12(9)13(17)18)2-5-11(15-10)16-6-1-7-16/h2-5H,1,6-7H2,(H,17,18). The summed E-state index contributed by atoms with van der Waals surface area (Å²) in [5, 5.41) is 10.0. The van der Waals surface area contributed by atoms with Gasteiger partial charge in [-0.3, -0.25) is 0 Å². The first-order valence-electron chi connectivity index (χ1n) is 5.74. The molecule has 1 saturated heterocycles. The summed E-state index contributed by atoms with van der Waals surface area (Å²) in [7, 11) is 0. The van der Waals surface area contributed by atoms with Gasteiger partial charge in [0.25, 0.3) is 0 Å². The summed E-state index contributed by atoms with van der Waals surface area (Å²) in [6.45, 7) is 2.02. The lowest BCUT2D eigenvalue weighted by molar-refractivity contribution is 0.0699. The quantitative estimate of drug-likeness (QED) is 0.904. The molecule has 2 heterocycles. The van der Waals surface area contributed by atoms with Crippen LogP contribution >= 0.6 is 11.6 Å². The Labute approximate surface area is 109 Å². The fourth-order valence-corrected chi connectivity index (χ4v) is 2.35. The van der Waals surface area contributed by atoms with Crippen LogP contribution in [0.3, 0.4) is 0 Å². The maximum Gasteiger partial charge on any atom is 0.337 e. The maximum atomic E-state index is 11.2. The smallest absolute Gasteiger partial charge is 0.337 e. The zero-order valence-corrected chi connectivity index (χ0v) is 10.3. The molecule has 5 heteroatoms. The van der Waals surface area contributed by atoms with Crippen molar-refractivity contribution in [1.29, 1.82) is 0 Å². The molecule has 1 aromatic carbocycles. The third-order valence-electron chi connectivity index (χ3n) is 3.20. The second-order valence-electron chi connectivity index (χ2n) is 4.30. The van der Waals surface area contributed by atoms with Crippen molar-refractivity contribution in [3.63, 3.8) is 0 Å². The Bertz CT molecular complexity index is 638. The maximum absolute atomic E-state index is 11.2. The summed E-state index contributed by atoms with van der Waals surface area (Å²) >= 11 is 5.92. The van der Waals surface area contributed by atoms with E-state index in [0.29, 0.717) is 10.9 Å². The Balaban J connectivity index is 2.18. The van der Waals surface area contributed by atoms with Crippen molar-refractivity contribution in [3.8, 4) is 0 Å². The average Bonchev–Trinajstić information content (AvgIpc) is 2.26. The number of hydrogen-bond donors (Lipinski definition) is 1. The lowest BCUT2D eigenvalue weighted by atomic mass is 10.1. The molecule has 0 amide bonds. The number of halogens is 1. The van der Waals surface area contributed by atoms with Crippen molar-refractivity contribution in [3.05, 3.63) is 34.9 Å². The van der Waals surface area contributed by atoms with Crippen molar-refractivity contribution < 1.29 is 9.90 Å². The van der Waals surface area contributed by atoms with Crippen molar-refractivity contribution in [2.75, 3.05) is 18.0 Å². The molecule has 0 spiro atoms. The zero-order chi connectivity index (χ0) is 12.7. The predicted molar refractivity (Wildman–Crippen MR) is 70.5 cm³/mol. The van der Waals surface area contributed by atoms with Crippen molar-refractivity contribution in [1.82, 2.24) is 4.98 Å². The molecule has 0 aliphatic carbocycles. The summed E-state index contributed by atoms with van der Waals surface area (Å²) < 4.78 is 0. The zero-order valence-electron chi connectivity index (χ0n) is 9.56. The molecule has 0 atom stereocenters. The number of nitrogens with zero attached hydrogens (tertiary/aromatic N) is 2. The van der Waals surface area contributed by atoms with Crippen LogP contribution in [0.15, 0.2) is 24.3 Å². The van der Waals surface area contributed by atoms with E-state index in [1.54, 1.807) is 18.2 Å². The highest BCUT2D eigenvalue weighted by molar-refractivity contribution is 6.35. The number of hydrogen-bond acceptors (Lipinski definition) is 3. The second kappa shape index (κ2) is 4.14. The van der Waals surface area contributed by atoms with Gasteiger partial charge >= 0.3 is 5.97 Å². The van der Waals surface area contributed by atoms with Gasteiger partial charge in [-0.25, -0.2) is 9.78 Å². The van der Waals surface area contributed by atoms with E-state index in [9.17, 15) is 9.90 Å². The largest absolute Gasteiger partial charge is 0.478 e. The summed E-state index contributed by atoms with van der Waals surface area (Å²) in [5.41, 5.74) is 0.790. The van der Waals surface area contributed by atoms with Crippen LogP contribution in [0, 0.1) is 0 Å². The number of carboxylic acid groups (broad SMARTS) is 1. The van der Waals surface area contributed by atoms with E-state index in [2.05, 4.69) is 9.88 Å². The fourth-order valence-electron chi connectivity index (χ4n) is 2.11. The molecule has 0 bridgehead atoms. The highest BCUT2D eigenvalue weighted by Crippen LogP contribution is 2.28. The molecule has 0 unspecified atom stereocenters. The number of fused-ring (bicyclic) bond motifs is 1. The van der Waals surface area contributed by atoms with Gasteiger partial charge in [-0.15, -0.1) is 0 Å². The van der Waals surface area contributed by atoms with E-state index in [1.807, 2.05) is 6.07 Å². The van der Waals surface area contributed by atoms with Crippen LogP contribution in [0.25, 0.3) is 10.9 Å². The molecule has 4 nitrogen and oxygen atoms in total. The summed E-state index contributed by atoms with van der Waals surface area (Å²) in [5.74, 6) is -0.128. The van der Waals surface area contributed by atoms with Crippen LogP contribution in [0.4, 0.5) is 5.82 Å². The molecule has 1 aliphatic heterocycles. The number of aromatic nitrogens is 1. The fraction of sp³-hybridized carbons (Fsp3) is 0.231. The number of rotatable bonds is 2. The van der Waals surface area contributed by atoms with Crippen LogP contribution in [-0.4, -0.2) is 29.1 Å². The van der Waals surface area contributed by atoms with Gasteiger partial charge < -0.3 is 10.0 Å². The Morgan fingerprint density at radius 1 is 1.28 bits per heavy atom. The van der Waals surface area contributed by atoms with E-state index < -0.39 is 5.97 Å². The molecule has 1 fully saturated rings. The predicted octanol–water partition coefficient (Wildman–Crippen LogP) is 2.80. The normalized spacial score (nSPS) is 14.6. The Morgan fingerprint density at radius 2 is 2.06 bits per heavy atom. The molecule has 1 N–H and O–H groups in total. The SMILES string of the molecule is O=C(O)c1c(Cl)ccc2nc(N3CCC3)ccc12. The topological polar surface area (TPSA) is 53.4 Å². The number of pyridine rings is 1. The average molecular weight is 263 g/mol. The van der Waals surface area contributed by atoms with Gasteiger partial charge in [0, 0.05) is 18.5 Å². The van der Waals surface area contributed by atoms with Crippen LogP contribution in [-0.2, 0) is 0 Å². The van der Waals surface area contributed by atoms with Gasteiger partial charge in [-0.05, 0) is 30.7 Å². The number of benzene rings is 1. The van der Waals surface area contributed by atoms with Gasteiger partial charge in [0.1, 0.15) is 5.82 Å². The highest BCUT2D eigenvalue weighted by atomic mass is 35.5. The summed E-state index contributed by atoms with van der Waals surface area (Å²) in [6, 6.07) is 6.98. The van der Waals surface area contributed by atoms with E-state index in [1.165, 1.54) is 6.42 Å². The highest BCUT2D eigenvalue weighted by Gasteiger charge is 2.18. The minimum absolute atomic E-state index is 0.122. The molecule has 18 heavy (non-hydrogen) atoms. The number of carbonyl (C=O) groups is 1. The van der Waals surface area contributed by atoms with E-state index in [0.717, 1.165) is 18.9 Å². The molecular formula is C13H11ClN2O2. The molecule has 92 valence electrons. The van der Waals surface area contributed by atoms with Gasteiger partial charge in [0.15, 0.2) is 0 Å². The van der Waals surface area contributed by atoms with Crippen molar-refractivity contribution in [2.45, 2.75) is 6.42 Å². The Morgan fingerprint density at radius 3 is 2.67 bits per heavy atom. The molecule has 2 aromatic rings. The van der Waals surface area contributed by atoms with Crippen molar-refractivity contribution in [2.24, 2.45) is 0 Å². The molecular weight excluding hydrogens is 252 g/mol. The van der Waals surface area contributed by atoms with E-state index in [-0.39, 0.29) is 10.6 Å². The number of anilines is 1. The summed E-state index contributed by atoms with van der Waals surface area (Å²) in [4.78, 5) is 17.8. The first-order valence-corrected chi connectivity index (χ1v) is 6.12. The van der Waals surface area contributed by atoms with Crippen LogP contribution in [0.2, 0.25) is 5.02 Å². The van der Waals surface area contributed by atoms with Crippen molar-refractivity contribution >= 4 is 34.3 Å². The van der Waals surface area contributed by atoms with Crippen LogP contribution in [0.5, 0.6) is 0 Å². The van der Waals surface area contributed by atoms with Gasteiger partial charge in [-0.2, -0.15) is 0 Å². The van der Waals surface area contributed by atoms with Gasteiger partial charge in [0.05, 0.1) is 16.1 Å². The van der Waals surface area contributed by atoms with Gasteiger partial charge in [0.2, 0.25) is 0 Å². The molecule has 1 aliphatic rings. The Hall–Kier alpha value is -1.81. The van der Waals surface area contributed by atoms with E-state index >= 15 is 0 Å². The Kier molecular flexibility index (Phi) is 2.59. The molecule has 1 aromatic heterocycles. The van der Waals surface area contributed by atoms with Gasteiger partial charge in [-0.1, -0.05) is 11.6 Å². The van der Waals surface area contributed by atoms with Crippen LogP contribution < -0.4 is 4.90 Å². The first kappa shape index (κ1) is 11.3. The van der Waals surface area contributed by atoms with Crippen LogP contribution in [0.1, 0.15) is 16.8 Å². The third-order valence-corrected chi connectivity index (χ3v) is 3.51. The number of aromatic carboxylic acids is 1. The first-order chi connectivity index (χ1) is 8.66. The molecule has 0 radical (unpaired) electrons. The molecule has 0 saturated carbocycles. The number of carboxylic acids is 1. The second-order valence-corrected chi connectivity index (χ2v) is 4.71. The minimum atomic E-state index is -1.02. The van der Waals surface area contributed by atoms with E-state index in [4.69, 9.17) is 11.6 Å². The lowest BCUT2D eigenvalue weighted by Gasteiger charge is -2.32. The minimum Gasteiger partial charge on any atom is -0.478 e. The molecule has 3 rings (SSSR count). The summed E-state index contributed by atoms with van der Waals surface area (Å²) in [6.07, 6.45) is 1.18. The lowest BCUT2D eigenvalue weighted by Crippen LogP contribution is -2.37. The monoisotopic (exact) mass is 262 g/mol. The third kappa shape index (κ3) is 1.69.